The van der Waals surface area contributed by atoms with Crippen LogP contribution in [-0.2, 0) is 9.53 Å². The number of aromatic nitrogens is 2. The fourth-order valence-electron chi connectivity index (χ4n) is 5.87. The second-order valence-corrected chi connectivity index (χ2v) is 13.1. The Morgan fingerprint density at radius 2 is 1.60 bits per heavy atom. The highest BCUT2D eigenvalue weighted by molar-refractivity contribution is 7.17. The van der Waals surface area contributed by atoms with Crippen LogP contribution in [0.4, 0.5) is 5.95 Å². The van der Waals surface area contributed by atoms with Crippen LogP contribution >= 0.6 is 11.3 Å². The lowest BCUT2D eigenvalue weighted by atomic mass is 9.80. The number of nitrogens with one attached hydrogen (secondary N) is 3. The maximum atomic E-state index is 13.3. The SMILES string of the molecule is COC(=O)C(NC(=O)c1ccc(-c2ccnc(NC3CC(C)(C)NC(C)(C)C3)n2)s1)c1ccc(-c2ccccc2)cc1. The highest BCUT2D eigenvalue weighted by Gasteiger charge is 2.38. The summed E-state index contributed by atoms with van der Waals surface area (Å²) >= 11 is 1.31. The number of piperidine rings is 1. The minimum atomic E-state index is -0.939. The quantitative estimate of drug-likeness (QED) is 0.211. The molecule has 1 atom stereocenters. The van der Waals surface area contributed by atoms with Gasteiger partial charge in [-0.3, -0.25) is 4.79 Å². The van der Waals surface area contributed by atoms with Crippen molar-refractivity contribution in [3.05, 3.63) is 89.4 Å². The summed E-state index contributed by atoms with van der Waals surface area (Å²) in [6, 6.07) is 22.2. The molecule has 218 valence electrons. The maximum Gasteiger partial charge on any atom is 0.333 e. The van der Waals surface area contributed by atoms with Crippen molar-refractivity contribution in [3.63, 3.8) is 0 Å². The first-order valence-corrected chi connectivity index (χ1v) is 14.9. The summed E-state index contributed by atoms with van der Waals surface area (Å²) in [5, 5.41) is 10.1. The van der Waals surface area contributed by atoms with Crippen LogP contribution in [0.2, 0.25) is 0 Å². The zero-order chi connectivity index (χ0) is 29.9. The lowest BCUT2D eigenvalue weighted by molar-refractivity contribution is -0.143. The van der Waals surface area contributed by atoms with Gasteiger partial charge in [0, 0.05) is 23.3 Å². The number of anilines is 1. The zero-order valence-electron chi connectivity index (χ0n) is 24.6. The van der Waals surface area contributed by atoms with E-state index in [1.54, 1.807) is 12.3 Å². The van der Waals surface area contributed by atoms with Gasteiger partial charge in [0.05, 0.1) is 22.6 Å². The molecular weight excluding hydrogens is 546 g/mol. The molecule has 3 heterocycles. The third-order valence-corrected chi connectivity index (χ3v) is 8.43. The summed E-state index contributed by atoms with van der Waals surface area (Å²) in [7, 11) is 1.32. The molecule has 2 aromatic carbocycles. The van der Waals surface area contributed by atoms with Gasteiger partial charge in [0.2, 0.25) is 5.95 Å². The molecule has 42 heavy (non-hydrogen) atoms. The molecular formula is C33H37N5O3S. The van der Waals surface area contributed by atoms with Crippen LogP contribution in [0.1, 0.15) is 61.8 Å². The highest BCUT2D eigenvalue weighted by atomic mass is 32.1. The number of nitrogens with zero attached hydrogens (tertiary/aromatic N) is 2. The van der Waals surface area contributed by atoms with E-state index >= 15 is 0 Å². The number of benzene rings is 2. The van der Waals surface area contributed by atoms with Gasteiger partial charge in [0.25, 0.3) is 5.91 Å². The number of ether oxygens (including phenoxy) is 1. The molecule has 5 rings (SSSR count). The van der Waals surface area contributed by atoms with Crippen molar-refractivity contribution in [3.8, 4) is 21.7 Å². The first kappa shape index (κ1) is 29.4. The van der Waals surface area contributed by atoms with Gasteiger partial charge in [-0.1, -0.05) is 54.6 Å². The van der Waals surface area contributed by atoms with E-state index in [4.69, 9.17) is 9.72 Å². The van der Waals surface area contributed by atoms with E-state index in [1.807, 2.05) is 66.7 Å². The van der Waals surface area contributed by atoms with Gasteiger partial charge in [0.1, 0.15) is 0 Å². The average molecular weight is 584 g/mol. The van der Waals surface area contributed by atoms with Gasteiger partial charge >= 0.3 is 5.97 Å². The Morgan fingerprint density at radius 1 is 0.929 bits per heavy atom. The van der Waals surface area contributed by atoms with Crippen LogP contribution in [0.3, 0.4) is 0 Å². The Balaban J connectivity index is 1.29. The molecule has 9 heteroatoms. The minimum absolute atomic E-state index is 0.000959. The van der Waals surface area contributed by atoms with Gasteiger partial charge in [0.15, 0.2) is 6.04 Å². The van der Waals surface area contributed by atoms with Crippen LogP contribution in [0, 0.1) is 0 Å². The summed E-state index contributed by atoms with van der Waals surface area (Å²) in [4.78, 5) is 36.5. The lowest BCUT2D eigenvalue weighted by Crippen LogP contribution is -2.60. The van der Waals surface area contributed by atoms with Crippen molar-refractivity contribution in [2.45, 2.75) is 63.7 Å². The Labute approximate surface area is 251 Å². The molecule has 1 amide bonds. The maximum absolute atomic E-state index is 13.3. The molecule has 0 spiro atoms. The molecule has 1 saturated heterocycles. The van der Waals surface area contributed by atoms with Crippen LogP contribution in [0.15, 0.2) is 79.0 Å². The molecule has 1 fully saturated rings. The molecule has 0 aliphatic carbocycles. The monoisotopic (exact) mass is 583 g/mol. The van der Waals surface area contributed by atoms with Crippen molar-refractivity contribution >= 4 is 29.2 Å². The van der Waals surface area contributed by atoms with Crippen molar-refractivity contribution < 1.29 is 14.3 Å². The average Bonchev–Trinajstić information content (AvgIpc) is 3.45. The molecule has 8 nitrogen and oxygen atoms in total. The first-order chi connectivity index (χ1) is 20.0. The molecule has 0 bridgehead atoms. The normalized spacial score (nSPS) is 16.8. The van der Waals surface area contributed by atoms with Gasteiger partial charge in [-0.2, -0.15) is 0 Å². The van der Waals surface area contributed by atoms with Crippen molar-refractivity contribution in [2.75, 3.05) is 12.4 Å². The fourth-order valence-corrected chi connectivity index (χ4v) is 6.75. The summed E-state index contributed by atoms with van der Waals surface area (Å²) in [5.41, 5.74) is 3.45. The van der Waals surface area contributed by atoms with E-state index < -0.39 is 12.0 Å². The third kappa shape index (κ3) is 7.03. The number of hydrogen-bond donors (Lipinski definition) is 3. The Kier molecular flexibility index (Phi) is 8.43. The van der Waals surface area contributed by atoms with E-state index in [-0.39, 0.29) is 23.0 Å². The lowest BCUT2D eigenvalue weighted by Gasteiger charge is -2.46. The summed E-state index contributed by atoms with van der Waals surface area (Å²) in [5.74, 6) is -0.334. The molecule has 2 aromatic heterocycles. The molecule has 0 saturated carbocycles. The summed E-state index contributed by atoms with van der Waals surface area (Å²) < 4.78 is 5.02. The third-order valence-electron chi connectivity index (χ3n) is 7.32. The van der Waals surface area contributed by atoms with Crippen molar-refractivity contribution in [2.24, 2.45) is 0 Å². The van der Waals surface area contributed by atoms with E-state index in [1.165, 1.54) is 18.4 Å². The van der Waals surface area contributed by atoms with Crippen molar-refractivity contribution in [1.29, 1.82) is 0 Å². The van der Waals surface area contributed by atoms with Crippen molar-refractivity contribution in [1.82, 2.24) is 20.6 Å². The second kappa shape index (κ2) is 12.0. The molecule has 4 aromatic rings. The predicted molar refractivity (Wildman–Crippen MR) is 167 cm³/mol. The van der Waals surface area contributed by atoms with E-state index in [0.717, 1.165) is 34.5 Å². The topological polar surface area (TPSA) is 105 Å². The van der Waals surface area contributed by atoms with E-state index in [9.17, 15) is 9.59 Å². The number of amides is 1. The van der Waals surface area contributed by atoms with Gasteiger partial charge in [-0.05, 0) is 75.4 Å². The number of carbonyl (C=O) groups is 2. The number of esters is 1. The Morgan fingerprint density at radius 3 is 2.26 bits per heavy atom. The van der Waals surface area contributed by atoms with Crippen LogP contribution in [0.5, 0.6) is 0 Å². The van der Waals surface area contributed by atoms with Gasteiger partial charge in [-0.15, -0.1) is 11.3 Å². The number of carbonyl (C=O) groups excluding carboxylic acids is 2. The van der Waals surface area contributed by atoms with Crippen LogP contribution < -0.4 is 16.0 Å². The van der Waals surface area contributed by atoms with E-state index in [2.05, 4.69) is 48.6 Å². The standard InChI is InChI=1S/C33H37N5O3S/c1-32(2)19-24(20-33(3,4)38-32)35-31-34-18-17-25(36-31)26-15-16-27(42-26)29(39)37-28(30(40)41-5)23-13-11-22(12-14-23)21-9-7-6-8-10-21/h6-18,24,28,38H,19-20H2,1-5H3,(H,37,39)(H,34,35,36). The second-order valence-electron chi connectivity index (χ2n) is 12.0. The molecule has 0 radical (unpaired) electrons. The number of methoxy groups -OCH3 is 1. The molecule has 1 aliphatic rings. The highest BCUT2D eigenvalue weighted by Crippen LogP contribution is 2.32. The Bertz CT molecular complexity index is 1530. The van der Waals surface area contributed by atoms with Gasteiger partial charge in [-0.25, -0.2) is 14.8 Å². The molecule has 1 unspecified atom stereocenters. The van der Waals surface area contributed by atoms with Crippen LogP contribution in [-0.4, -0.2) is 46.1 Å². The summed E-state index contributed by atoms with van der Waals surface area (Å²) in [6.07, 6.45) is 3.63. The first-order valence-electron chi connectivity index (χ1n) is 14.1. The number of thiophene rings is 1. The number of hydrogen-bond acceptors (Lipinski definition) is 8. The predicted octanol–water partition coefficient (Wildman–Crippen LogP) is 6.24. The zero-order valence-corrected chi connectivity index (χ0v) is 25.4. The Hall–Kier alpha value is -4.08. The van der Waals surface area contributed by atoms with E-state index in [0.29, 0.717) is 16.4 Å². The smallest absolute Gasteiger partial charge is 0.333 e. The molecule has 1 aliphatic heterocycles. The largest absolute Gasteiger partial charge is 0.467 e. The minimum Gasteiger partial charge on any atom is -0.467 e. The molecule has 3 N–H and O–H groups in total. The number of rotatable bonds is 8. The summed E-state index contributed by atoms with van der Waals surface area (Å²) in [6.45, 7) is 8.84. The van der Waals surface area contributed by atoms with Crippen LogP contribution in [0.25, 0.3) is 21.7 Å². The van der Waals surface area contributed by atoms with Gasteiger partial charge < -0.3 is 20.7 Å². The fraction of sp³-hybridized carbons (Fsp3) is 0.333.